The number of furan rings is 1. The highest BCUT2D eigenvalue weighted by atomic mass is 16.3. The van der Waals surface area contributed by atoms with Crippen LogP contribution < -0.4 is 10.6 Å². The first-order valence-corrected chi connectivity index (χ1v) is 9.73. The second-order valence-corrected chi connectivity index (χ2v) is 7.15. The Morgan fingerprint density at radius 3 is 2.73 bits per heavy atom. The quantitative estimate of drug-likeness (QED) is 0.766. The topological polar surface area (TPSA) is 74.6 Å². The first-order chi connectivity index (χ1) is 12.7. The molecule has 142 valence electrons. The minimum absolute atomic E-state index is 0.00384. The molecule has 6 heteroatoms. The van der Waals surface area contributed by atoms with E-state index in [4.69, 9.17) is 4.42 Å². The number of piperidine rings is 1. The van der Waals surface area contributed by atoms with Crippen LogP contribution >= 0.6 is 0 Å². The molecule has 0 unspecified atom stereocenters. The molecule has 2 aliphatic rings. The predicted molar refractivity (Wildman–Crippen MR) is 99.4 cm³/mol. The van der Waals surface area contributed by atoms with E-state index in [-0.39, 0.29) is 17.9 Å². The van der Waals surface area contributed by atoms with Gasteiger partial charge in [-0.15, -0.1) is 0 Å². The Kier molecular flexibility index (Phi) is 6.75. The minimum Gasteiger partial charge on any atom is -0.467 e. The molecule has 3 rings (SSSR count). The Morgan fingerprint density at radius 1 is 1.19 bits per heavy atom. The lowest BCUT2D eigenvalue weighted by molar-refractivity contribution is -0.126. The molecular formula is C20H29N3O3. The van der Waals surface area contributed by atoms with E-state index in [0.717, 1.165) is 12.2 Å². The number of rotatable bonds is 6. The summed E-state index contributed by atoms with van der Waals surface area (Å²) in [6, 6.07) is 3.65. The van der Waals surface area contributed by atoms with E-state index in [1.807, 2.05) is 17.0 Å². The average Bonchev–Trinajstić information content (AvgIpc) is 3.20. The molecule has 6 nitrogen and oxygen atoms in total. The Balaban J connectivity index is 1.32. The molecule has 0 bridgehead atoms. The van der Waals surface area contributed by atoms with Gasteiger partial charge in [-0.1, -0.05) is 11.6 Å². The van der Waals surface area contributed by atoms with Gasteiger partial charge in [-0.25, -0.2) is 4.79 Å². The molecule has 1 aliphatic heterocycles. The number of allylic oxidation sites excluding steroid dienone is 1. The summed E-state index contributed by atoms with van der Waals surface area (Å²) in [5.74, 6) is 0.773. The number of nitrogens with zero attached hydrogens (tertiary/aromatic N) is 1. The highest BCUT2D eigenvalue weighted by Gasteiger charge is 2.27. The third-order valence-corrected chi connectivity index (χ3v) is 5.28. The molecular weight excluding hydrogens is 330 g/mol. The van der Waals surface area contributed by atoms with Gasteiger partial charge in [0.05, 0.1) is 12.8 Å². The number of hydrogen-bond acceptors (Lipinski definition) is 3. The highest BCUT2D eigenvalue weighted by Crippen LogP contribution is 2.20. The van der Waals surface area contributed by atoms with E-state index >= 15 is 0 Å². The number of likely N-dealkylation sites (tertiary alicyclic amines) is 1. The molecule has 2 N–H and O–H groups in total. The van der Waals surface area contributed by atoms with Crippen molar-refractivity contribution in [3.05, 3.63) is 35.8 Å². The Hall–Kier alpha value is -2.24. The third-order valence-electron chi connectivity index (χ3n) is 5.28. The van der Waals surface area contributed by atoms with Gasteiger partial charge in [-0.2, -0.15) is 0 Å². The highest BCUT2D eigenvalue weighted by molar-refractivity contribution is 5.79. The molecule has 0 aromatic carbocycles. The van der Waals surface area contributed by atoms with Crippen molar-refractivity contribution in [2.75, 3.05) is 19.6 Å². The summed E-state index contributed by atoms with van der Waals surface area (Å²) >= 11 is 0. The average molecular weight is 359 g/mol. The van der Waals surface area contributed by atoms with Crippen molar-refractivity contribution < 1.29 is 14.0 Å². The Bertz CT molecular complexity index is 616. The molecule has 2 heterocycles. The van der Waals surface area contributed by atoms with Gasteiger partial charge >= 0.3 is 6.03 Å². The summed E-state index contributed by atoms with van der Waals surface area (Å²) in [4.78, 5) is 26.3. The van der Waals surface area contributed by atoms with Crippen LogP contribution in [-0.4, -0.2) is 36.5 Å². The SMILES string of the molecule is O=C(NCc1ccco1)C1CCN(C(=O)NCCC2=CCCCC2)CC1. The van der Waals surface area contributed by atoms with Crippen LogP contribution in [0, 0.1) is 5.92 Å². The van der Waals surface area contributed by atoms with E-state index in [1.54, 1.807) is 6.26 Å². The predicted octanol–water partition coefficient (Wildman–Crippen LogP) is 3.21. The van der Waals surface area contributed by atoms with E-state index < -0.39 is 0 Å². The van der Waals surface area contributed by atoms with E-state index in [1.165, 1.54) is 31.3 Å². The molecule has 0 atom stereocenters. The molecule has 1 aromatic heterocycles. The summed E-state index contributed by atoms with van der Waals surface area (Å²) in [6.07, 6.45) is 11.2. The molecule has 1 aromatic rings. The molecule has 26 heavy (non-hydrogen) atoms. The van der Waals surface area contributed by atoms with Crippen molar-refractivity contribution in [2.24, 2.45) is 5.92 Å². The van der Waals surface area contributed by atoms with Crippen molar-refractivity contribution in [1.82, 2.24) is 15.5 Å². The summed E-state index contributed by atoms with van der Waals surface area (Å²) in [5, 5.41) is 5.93. The van der Waals surface area contributed by atoms with Crippen LogP contribution in [0.1, 0.15) is 50.7 Å². The number of nitrogens with one attached hydrogen (secondary N) is 2. The van der Waals surface area contributed by atoms with Crippen molar-refractivity contribution in [3.63, 3.8) is 0 Å². The monoisotopic (exact) mass is 359 g/mol. The Labute approximate surface area is 155 Å². The molecule has 0 saturated carbocycles. The van der Waals surface area contributed by atoms with Crippen LogP contribution in [0.15, 0.2) is 34.5 Å². The zero-order valence-electron chi connectivity index (χ0n) is 15.3. The number of amides is 3. The number of urea groups is 1. The van der Waals surface area contributed by atoms with E-state index in [0.29, 0.717) is 39.0 Å². The van der Waals surface area contributed by atoms with Crippen molar-refractivity contribution in [1.29, 1.82) is 0 Å². The fourth-order valence-corrected chi connectivity index (χ4v) is 3.65. The maximum Gasteiger partial charge on any atom is 0.317 e. The number of carbonyl (C=O) groups excluding carboxylic acids is 2. The molecule has 0 radical (unpaired) electrons. The zero-order chi connectivity index (χ0) is 18.2. The van der Waals surface area contributed by atoms with Gasteiger partial charge in [-0.05, 0) is 57.1 Å². The first-order valence-electron chi connectivity index (χ1n) is 9.73. The summed E-state index contributed by atoms with van der Waals surface area (Å²) in [5.41, 5.74) is 1.48. The lowest BCUT2D eigenvalue weighted by atomic mass is 9.96. The second kappa shape index (κ2) is 9.46. The largest absolute Gasteiger partial charge is 0.467 e. The van der Waals surface area contributed by atoms with Crippen molar-refractivity contribution in [3.8, 4) is 0 Å². The van der Waals surface area contributed by atoms with E-state index in [2.05, 4.69) is 16.7 Å². The summed E-state index contributed by atoms with van der Waals surface area (Å²) in [7, 11) is 0. The van der Waals surface area contributed by atoms with Gasteiger partial charge in [-0.3, -0.25) is 4.79 Å². The lowest BCUT2D eigenvalue weighted by Gasteiger charge is -2.31. The molecule has 1 aliphatic carbocycles. The van der Waals surface area contributed by atoms with Gasteiger partial charge in [0.25, 0.3) is 0 Å². The fourth-order valence-electron chi connectivity index (χ4n) is 3.65. The van der Waals surface area contributed by atoms with Crippen LogP contribution in [0.3, 0.4) is 0 Å². The standard InChI is InChI=1S/C20H29N3O3/c24-19(22-15-18-7-4-14-26-18)17-9-12-23(13-10-17)20(25)21-11-8-16-5-2-1-3-6-16/h4-5,7,14,17H,1-3,6,8-13,15H2,(H,21,25)(H,22,24). The van der Waals surface area contributed by atoms with Crippen LogP contribution in [-0.2, 0) is 11.3 Å². The number of carbonyl (C=O) groups is 2. The molecule has 1 saturated heterocycles. The van der Waals surface area contributed by atoms with Crippen LogP contribution in [0.5, 0.6) is 0 Å². The van der Waals surface area contributed by atoms with Crippen LogP contribution in [0.2, 0.25) is 0 Å². The summed E-state index contributed by atoms with van der Waals surface area (Å²) in [6.45, 7) is 2.39. The minimum atomic E-state index is -0.0265. The molecule has 0 spiro atoms. The fraction of sp³-hybridized carbons (Fsp3) is 0.600. The van der Waals surface area contributed by atoms with Crippen molar-refractivity contribution >= 4 is 11.9 Å². The smallest absolute Gasteiger partial charge is 0.317 e. The summed E-state index contributed by atoms with van der Waals surface area (Å²) < 4.78 is 5.22. The lowest BCUT2D eigenvalue weighted by Crippen LogP contribution is -2.47. The normalized spacial score (nSPS) is 18.3. The van der Waals surface area contributed by atoms with Gasteiger partial charge in [0.2, 0.25) is 5.91 Å². The van der Waals surface area contributed by atoms with Crippen LogP contribution in [0.4, 0.5) is 4.79 Å². The van der Waals surface area contributed by atoms with Crippen LogP contribution in [0.25, 0.3) is 0 Å². The van der Waals surface area contributed by atoms with Crippen molar-refractivity contribution in [2.45, 2.75) is 51.5 Å². The van der Waals surface area contributed by atoms with Gasteiger partial charge in [0.1, 0.15) is 5.76 Å². The first kappa shape index (κ1) is 18.5. The van der Waals surface area contributed by atoms with E-state index in [9.17, 15) is 9.59 Å². The maximum atomic E-state index is 12.3. The number of hydrogen-bond donors (Lipinski definition) is 2. The van der Waals surface area contributed by atoms with Gasteiger partial charge in [0, 0.05) is 25.6 Å². The maximum absolute atomic E-state index is 12.3. The Morgan fingerprint density at radius 2 is 2.04 bits per heavy atom. The van der Waals surface area contributed by atoms with Gasteiger partial charge < -0.3 is 20.0 Å². The second-order valence-electron chi connectivity index (χ2n) is 7.15. The van der Waals surface area contributed by atoms with Gasteiger partial charge in [0.15, 0.2) is 0 Å². The zero-order valence-corrected chi connectivity index (χ0v) is 15.3. The third kappa shape index (κ3) is 5.38. The molecule has 3 amide bonds. The molecule has 1 fully saturated rings.